The van der Waals surface area contributed by atoms with Crippen LogP contribution in [-0.2, 0) is 9.59 Å². The lowest BCUT2D eigenvalue weighted by Crippen LogP contribution is -2.41. The first kappa shape index (κ1) is 14.9. The monoisotopic (exact) mass is 230 g/mol. The van der Waals surface area contributed by atoms with Crippen molar-refractivity contribution in [3.05, 3.63) is 0 Å². The predicted octanol–water partition coefficient (Wildman–Crippen LogP) is 0.587. The summed E-state index contributed by atoms with van der Waals surface area (Å²) >= 11 is 0. The molecular weight excluding hydrogens is 208 g/mol. The van der Waals surface area contributed by atoms with E-state index < -0.39 is 12.0 Å². The molecule has 0 saturated heterocycles. The third kappa shape index (κ3) is 7.23. The van der Waals surface area contributed by atoms with Crippen LogP contribution < -0.4 is 11.1 Å². The number of carboxylic acids is 1. The van der Waals surface area contributed by atoms with Crippen molar-refractivity contribution in [1.82, 2.24) is 5.32 Å². The van der Waals surface area contributed by atoms with Gasteiger partial charge in [-0.15, -0.1) is 0 Å². The first-order valence-electron chi connectivity index (χ1n) is 5.58. The van der Waals surface area contributed by atoms with Gasteiger partial charge in [-0.05, 0) is 25.2 Å². The summed E-state index contributed by atoms with van der Waals surface area (Å²) in [5, 5.41) is 11.4. The Morgan fingerprint density at radius 1 is 1.31 bits per heavy atom. The van der Waals surface area contributed by atoms with E-state index in [0.717, 1.165) is 6.42 Å². The zero-order valence-corrected chi connectivity index (χ0v) is 10.2. The fourth-order valence-corrected chi connectivity index (χ4v) is 1.56. The van der Waals surface area contributed by atoms with Crippen molar-refractivity contribution < 1.29 is 14.7 Å². The zero-order chi connectivity index (χ0) is 12.7. The Kier molecular flexibility index (Phi) is 6.72. The van der Waals surface area contributed by atoms with Crippen molar-refractivity contribution in [2.75, 3.05) is 6.54 Å². The van der Waals surface area contributed by atoms with Crippen molar-refractivity contribution in [1.29, 1.82) is 0 Å². The van der Waals surface area contributed by atoms with Crippen molar-refractivity contribution in [2.45, 2.75) is 39.7 Å². The van der Waals surface area contributed by atoms with E-state index >= 15 is 0 Å². The number of carbonyl (C=O) groups excluding carboxylic acids is 1. The van der Waals surface area contributed by atoms with Gasteiger partial charge in [0.15, 0.2) is 0 Å². The summed E-state index contributed by atoms with van der Waals surface area (Å²) < 4.78 is 0. The van der Waals surface area contributed by atoms with Crippen LogP contribution in [0.25, 0.3) is 0 Å². The number of nitrogens with two attached hydrogens (primary N) is 1. The van der Waals surface area contributed by atoms with E-state index in [0.29, 0.717) is 12.5 Å². The SMILES string of the molecule is CC(C)C[C@H](CNC(=O)[C@@H](C)N)CC(=O)O. The number of carbonyl (C=O) groups is 2. The van der Waals surface area contributed by atoms with E-state index in [1.807, 2.05) is 13.8 Å². The van der Waals surface area contributed by atoms with Crippen LogP contribution in [0.4, 0.5) is 0 Å². The largest absolute Gasteiger partial charge is 0.481 e. The van der Waals surface area contributed by atoms with Crippen LogP contribution in [-0.4, -0.2) is 29.6 Å². The Balaban J connectivity index is 4.10. The Hall–Kier alpha value is -1.10. The minimum atomic E-state index is -0.833. The molecule has 0 aromatic carbocycles. The number of aliphatic carboxylic acids is 1. The quantitative estimate of drug-likeness (QED) is 0.596. The van der Waals surface area contributed by atoms with Gasteiger partial charge in [0, 0.05) is 13.0 Å². The third-order valence-corrected chi connectivity index (χ3v) is 2.25. The maximum absolute atomic E-state index is 11.2. The molecule has 0 rings (SSSR count). The number of nitrogens with one attached hydrogen (secondary N) is 1. The Morgan fingerprint density at radius 3 is 2.25 bits per heavy atom. The zero-order valence-electron chi connectivity index (χ0n) is 10.2. The summed E-state index contributed by atoms with van der Waals surface area (Å²) in [4.78, 5) is 21.9. The fourth-order valence-electron chi connectivity index (χ4n) is 1.56. The van der Waals surface area contributed by atoms with Crippen LogP contribution in [0.1, 0.15) is 33.6 Å². The molecule has 5 nitrogen and oxygen atoms in total. The molecule has 0 fully saturated rings. The first-order valence-corrected chi connectivity index (χ1v) is 5.58. The molecule has 0 heterocycles. The summed E-state index contributed by atoms with van der Waals surface area (Å²) in [6.07, 6.45) is 0.864. The van der Waals surface area contributed by atoms with Crippen LogP contribution in [0.15, 0.2) is 0 Å². The molecule has 0 aliphatic heterocycles. The van der Waals surface area contributed by atoms with Gasteiger partial charge in [-0.2, -0.15) is 0 Å². The molecule has 0 spiro atoms. The minimum Gasteiger partial charge on any atom is -0.481 e. The Bertz CT molecular complexity index is 239. The van der Waals surface area contributed by atoms with Gasteiger partial charge in [-0.1, -0.05) is 13.8 Å². The van der Waals surface area contributed by atoms with Gasteiger partial charge in [0.05, 0.1) is 6.04 Å². The normalized spacial score (nSPS) is 14.6. The second kappa shape index (κ2) is 7.22. The lowest BCUT2D eigenvalue weighted by atomic mass is 9.94. The molecule has 0 saturated carbocycles. The smallest absolute Gasteiger partial charge is 0.303 e. The number of carboxylic acid groups (broad SMARTS) is 1. The molecule has 0 aromatic rings. The molecule has 0 aliphatic rings. The second-order valence-electron chi connectivity index (χ2n) is 4.63. The maximum atomic E-state index is 11.2. The van der Waals surface area contributed by atoms with Crippen molar-refractivity contribution in [3.8, 4) is 0 Å². The van der Waals surface area contributed by atoms with E-state index in [4.69, 9.17) is 10.8 Å². The van der Waals surface area contributed by atoms with Crippen molar-refractivity contribution in [2.24, 2.45) is 17.6 Å². The Labute approximate surface area is 96.4 Å². The predicted molar refractivity (Wildman–Crippen MR) is 61.9 cm³/mol. The van der Waals surface area contributed by atoms with Gasteiger partial charge in [-0.25, -0.2) is 0 Å². The van der Waals surface area contributed by atoms with Gasteiger partial charge in [0.2, 0.25) is 5.91 Å². The number of hydrogen-bond acceptors (Lipinski definition) is 3. The molecule has 0 bridgehead atoms. The maximum Gasteiger partial charge on any atom is 0.303 e. The van der Waals surface area contributed by atoms with Crippen molar-refractivity contribution >= 4 is 11.9 Å². The minimum absolute atomic E-state index is 0.0276. The van der Waals surface area contributed by atoms with E-state index in [-0.39, 0.29) is 18.2 Å². The third-order valence-electron chi connectivity index (χ3n) is 2.25. The standard InChI is InChI=1S/C11H22N2O3/c1-7(2)4-9(5-10(14)15)6-13-11(16)8(3)12/h7-9H,4-6,12H2,1-3H3,(H,13,16)(H,14,15)/t8-,9+/m1/s1. The molecule has 0 radical (unpaired) electrons. The van der Waals surface area contributed by atoms with Crippen molar-refractivity contribution in [3.63, 3.8) is 0 Å². The molecule has 94 valence electrons. The number of hydrogen-bond donors (Lipinski definition) is 3. The van der Waals surface area contributed by atoms with Crippen LogP contribution >= 0.6 is 0 Å². The summed E-state index contributed by atoms with van der Waals surface area (Å²) in [5.74, 6) is -0.684. The van der Waals surface area contributed by atoms with Gasteiger partial charge >= 0.3 is 5.97 Å². The van der Waals surface area contributed by atoms with Gasteiger partial charge in [0.25, 0.3) is 0 Å². The summed E-state index contributed by atoms with van der Waals surface area (Å²) in [6, 6.07) is -0.551. The number of amides is 1. The van der Waals surface area contributed by atoms with Crippen LogP contribution in [0.2, 0.25) is 0 Å². The van der Waals surface area contributed by atoms with Gasteiger partial charge in [-0.3, -0.25) is 9.59 Å². The van der Waals surface area contributed by atoms with Gasteiger partial charge < -0.3 is 16.2 Å². The fraction of sp³-hybridized carbons (Fsp3) is 0.818. The first-order chi connectivity index (χ1) is 7.32. The molecule has 2 atom stereocenters. The highest BCUT2D eigenvalue weighted by atomic mass is 16.4. The van der Waals surface area contributed by atoms with Crippen LogP contribution in [0, 0.1) is 11.8 Å². The summed E-state index contributed by atoms with van der Waals surface area (Å²) in [6.45, 7) is 6.04. The topological polar surface area (TPSA) is 92.4 Å². The van der Waals surface area contributed by atoms with E-state index in [9.17, 15) is 9.59 Å². The second-order valence-corrected chi connectivity index (χ2v) is 4.63. The van der Waals surface area contributed by atoms with E-state index in [1.54, 1.807) is 6.92 Å². The molecule has 16 heavy (non-hydrogen) atoms. The highest BCUT2D eigenvalue weighted by Gasteiger charge is 2.16. The highest BCUT2D eigenvalue weighted by molar-refractivity contribution is 5.81. The lowest BCUT2D eigenvalue weighted by Gasteiger charge is -2.18. The molecule has 0 aliphatic carbocycles. The molecule has 0 unspecified atom stereocenters. The van der Waals surface area contributed by atoms with Gasteiger partial charge in [0.1, 0.15) is 0 Å². The summed E-state index contributed by atoms with van der Waals surface area (Å²) in [5.41, 5.74) is 5.40. The molecule has 0 aromatic heterocycles. The average Bonchev–Trinajstić information content (AvgIpc) is 2.11. The van der Waals surface area contributed by atoms with E-state index in [2.05, 4.69) is 5.32 Å². The molecule has 5 heteroatoms. The molecule has 1 amide bonds. The number of rotatable bonds is 7. The van der Waals surface area contributed by atoms with E-state index in [1.165, 1.54) is 0 Å². The molecule has 4 N–H and O–H groups in total. The Morgan fingerprint density at radius 2 is 1.88 bits per heavy atom. The van der Waals surface area contributed by atoms with Crippen LogP contribution in [0.5, 0.6) is 0 Å². The molecular formula is C11H22N2O3. The van der Waals surface area contributed by atoms with Crippen LogP contribution in [0.3, 0.4) is 0 Å². The summed E-state index contributed by atoms with van der Waals surface area (Å²) in [7, 11) is 0. The average molecular weight is 230 g/mol. The highest BCUT2D eigenvalue weighted by Crippen LogP contribution is 2.14. The lowest BCUT2D eigenvalue weighted by molar-refractivity contribution is -0.138.